The van der Waals surface area contributed by atoms with Crippen molar-refractivity contribution in [2.75, 3.05) is 26.1 Å². The molecular weight excluding hydrogens is 402 g/mol. The number of carbonyl (C=O) groups is 1. The SMILES string of the molecule is COc1ccc(OC)c(NC(=O)Cn2c(-c3cnccn3)nc(C)c(CCO)c2=O)c1. The van der Waals surface area contributed by atoms with E-state index in [1.54, 1.807) is 25.1 Å². The fraction of sp³-hybridized carbons (Fsp3) is 0.286. The third kappa shape index (κ3) is 4.86. The Labute approximate surface area is 178 Å². The zero-order valence-corrected chi connectivity index (χ0v) is 17.5. The van der Waals surface area contributed by atoms with E-state index in [0.29, 0.717) is 34.1 Å². The Bertz CT molecular complexity index is 1130. The lowest BCUT2D eigenvalue weighted by molar-refractivity contribution is -0.116. The van der Waals surface area contributed by atoms with Crippen molar-refractivity contribution >= 4 is 11.6 Å². The predicted molar refractivity (Wildman–Crippen MR) is 113 cm³/mol. The van der Waals surface area contributed by atoms with E-state index >= 15 is 0 Å². The Hall–Kier alpha value is -3.79. The zero-order valence-electron chi connectivity index (χ0n) is 17.5. The Morgan fingerprint density at radius 1 is 1.23 bits per heavy atom. The van der Waals surface area contributed by atoms with Gasteiger partial charge in [0.15, 0.2) is 5.82 Å². The molecule has 0 aliphatic heterocycles. The van der Waals surface area contributed by atoms with Gasteiger partial charge in [-0.2, -0.15) is 0 Å². The highest BCUT2D eigenvalue weighted by Gasteiger charge is 2.19. The van der Waals surface area contributed by atoms with Gasteiger partial charge in [0.1, 0.15) is 23.7 Å². The molecule has 0 aliphatic rings. The molecule has 2 N–H and O–H groups in total. The molecule has 3 rings (SSSR count). The fourth-order valence-corrected chi connectivity index (χ4v) is 3.10. The molecule has 1 amide bonds. The summed E-state index contributed by atoms with van der Waals surface area (Å²) in [5, 5.41) is 12.1. The van der Waals surface area contributed by atoms with Gasteiger partial charge < -0.3 is 19.9 Å². The summed E-state index contributed by atoms with van der Waals surface area (Å²) in [5.41, 5.74) is 1.13. The molecule has 162 valence electrons. The number of aromatic nitrogens is 4. The van der Waals surface area contributed by atoms with Gasteiger partial charge in [0.25, 0.3) is 5.56 Å². The average molecular weight is 425 g/mol. The van der Waals surface area contributed by atoms with E-state index in [9.17, 15) is 14.7 Å². The second-order valence-electron chi connectivity index (χ2n) is 6.57. The number of aliphatic hydroxyl groups excluding tert-OH is 1. The summed E-state index contributed by atoms with van der Waals surface area (Å²) in [6, 6.07) is 4.99. The number of aryl methyl sites for hydroxylation is 1. The van der Waals surface area contributed by atoms with Crippen LogP contribution < -0.4 is 20.3 Å². The number of rotatable bonds is 8. The number of hydrogen-bond donors (Lipinski definition) is 2. The van der Waals surface area contributed by atoms with Gasteiger partial charge in [-0.3, -0.25) is 19.1 Å². The number of nitrogens with one attached hydrogen (secondary N) is 1. The molecular formula is C21H23N5O5. The van der Waals surface area contributed by atoms with Crippen LogP contribution in [-0.4, -0.2) is 51.4 Å². The smallest absolute Gasteiger partial charge is 0.257 e. The predicted octanol–water partition coefficient (Wildman–Crippen LogP) is 1.20. The van der Waals surface area contributed by atoms with E-state index in [-0.39, 0.29) is 25.4 Å². The lowest BCUT2D eigenvalue weighted by atomic mass is 10.1. The molecule has 0 saturated heterocycles. The molecule has 0 unspecified atom stereocenters. The van der Waals surface area contributed by atoms with Crippen LogP contribution in [0, 0.1) is 6.92 Å². The molecule has 0 radical (unpaired) electrons. The molecule has 1 aromatic carbocycles. The summed E-state index contributed by atoms with van der Waals surface area (Å²) < 4.78 is 11.7. The van der Waals surface area contributed by atoms with Gasteiger partial charge in [-0.25, -0.2) is 9.97 Å². The molecule has 31 heavy (non-hydrogen) atoms. The minimum absolute atomic E-state index is 0.129. The van der Waals surface area contributed by atoms with E-state index in [4.69, 9.17) is 9.47 Å². The van der Waals surface area contributed by atoms with Crippen LogP contribution in [0.2, 0.25) is 0 Å². The van der Waals surface area contributed by atoms with Crippen LogP contribution in [-0.2, 0) is 17.8 Å². The molecule has 0 saturated carbocycles. The van der Waals surface area contributed by atoms with Crippen molar-refractivity contribution in [1.29, 1.82) is 0 Å². The fourth-order valence-electron chi connectivity index (χ4n) is 3.10. The van der Waals surface area contributed by atoms with Crippen molar-refractivity contribution in [3.05, 3.63) is 58.4 Å². The van der Waals surface area contributed by atoms with Crippen LogP contribution >= 0.6 is 0 Å². The molecule has 0 aliphatic carbocycles. The third-order valence-corrected chi connectivity index (χ3v) is 4.61. The first-order valence-electron chi connectivity index (χ1n) is 9.48. The van der Waals surface area contributed by atoms with Crippen LogP contribution in [0.15, 0.2) is 41.6 Å². The second kappa shape index (κ2) is 9.81. The molecule has 0 spiro atoms. The topological polar surface area (TPSA) is 128 Å². The lowest BCUT2D eigenvalue weighted by Crippen LogP contribution is -2.33. The number of ether oxygens (including phenoxy) is 2. The lowest BCUT2D eigenvalue weighted by Gasteiger charge is -2.16. The maximum Gasteiger partial charge on any atom is 0.257 e. The maximum absolute atomic E-state index is 13.1. The number of anilines is 1. The highest BCUT2D eigenvalue weighted by atomic mass is 16.5. The minimum atomic E-state index is -0.473. The summed E-state index contributed by atoms with van der Waals surface area (Å²) in [5.74, 6) is 0.721. The molecule has 3 aromatic rings. The van der Waals surface area contributed by atoms with Crippen LogP contribution in [0.5, 0.6) is 11.5 Å². The van der Waals surface area contributed by atoms with E-state index in [1.165, 1.54) is 37.4 Å². The van der Waals surface area contributed by atoms with Crippen molar-refractivity contribution in [3.8, 4) is 23.0 Å². The highest BCUT2D eigenvalue weighted by molar-refractivity contribution is 5.92. The number of nitrogens with zero attached hydrogens (tertiary/aromatic N) is 4. The summed E-state index contributed by atoms with van der Waals surface area (Å²) in [6.45, 7) is 1.14. The first-order valence-corrected chi connectivity index (χ1v) is 9.48. The van der Waals surface area contributed by atoms with Gasteiger partial charge in [0.2, 0.25) is 5.91 Å². The van der Waals surface area contributed by atoms with Crippen LogP contribution in [0.3, 0.4) is 0 Å². The number of benzene rings is 1. The third-order valence-electron chi connectivity index (χ3n) is 4.61. The summed E-state index contributed by atoms with van der Waals surface area (Å²) in [6.07, 6.45) is 4.57. The molecule has 2 aromatic heterocycles. The summed E-state index contributed by atoms with van der Waals surface area (Å²) >= 11 is 0. The molecule has 10 heteroatoms. The number of methoxy groups -OCH3 is 2. The Balaban J connectivity index is 2.01. The first kappa shape index (κ1) is 21.9. The summed E-state index contributed by atoms with van der Waals surface area (Å²) in [7, 11) is 3.00. The monoisotopic (exact) mass is 425 g/mol. The second-order valence-corrected chi connectivity index (χ2v) is 6.57. The zero-order chi connectivity index (χ0) is 22.4. The Morgan fingerprint density at radius 3 is 2.68 bits per heavy atom. The first-order chi connectivity index (χ1) is 15.0. The van der Waals surface area contributed by atoms with Crippen molar-refractivity contribution in [2.45, 2.75) is 19.9 Å². The highest BCUT2D eigenvalue weighted by Crippen LogP contribution is 2.29. The molecule has 0 fully saturated rings. The molecule has 0 atom stereocenters. The molecule has 2 heterocycles. The van der Waals surface area contributed by atoms with Crippen LogP contribution in [0.4, 0.5) is 5.69 Å². The average Bonchev–Trinajstić information content (AvgIpc) is 2.78. The van der Waals surface area contributed by atoms with Gasteiger partial charge in [-0.05, 0) is 19.1 Å². The van der Waals surface area contributed by atoms with E-state index in [0.717, 1.165) is 0 Å². The number of aliphatic hydroxyl groups is 1. The van der Waals surface area contributed by atoms with E-state index < -0.39 is 11.5 Å². The van der Waals surface area contributed by atoms with Gasteiger partial charge in [0.05, 0.1) is 26.1 Å². The van der Waals surface area contributed by atoms with Crippen molar-refractivity contribution in [1.82, 2.24) is 19.5 Å². The van der Waals surface area contributed by atoms with E-state index in [1.807, 2.05) is 0 Å². The van der Waals surface area contributed by atoms with Gasteiger partial charge in [-0.1, -0.05) is 0 Å². The minimum Gasteiger partial charge on any atom is -0.497 e. The maximum atomic E-state index is 13.1. The Kier molecular flexibility index (Phi) is 6.93. The van der Waals surface area contributed by atoms with Crippen molar-refractivity contribution < 1.29 is 19.4 Å². The van der Waals surface area contributed by atoms with Crippen LogP contribution in [0.25, 0.3) is 11.5 Å². The van der Waals surface area contributed by atoms with Crippen LogP contribution in [0.1, 0.15) is 11.3 Å². The number of amides is 1. The number of carbonyl (C=O) groups excluding carboxylic acids is 1. The summed E-state index contributed by atoms with van der Waals surface area (Å²) in [4.78, 5) is 38.7. The largest absolute Gasteiger partial charge is 0.497 e. The quantitative estimate of drug-likeness (QED) is 0.551. The number of hydrogen-bond acceptors (Lipinski definition) is 8. The Morgan fingerprint density at radius 2 is 2.03 bits per heavy atom. The van der Waals surface area contributed by atoms with E-state index in [2.05, 4.69) is 20.3 Å². The molecule has 0 bridgehead atoms. The van der Waals surface area contributed by atoms with Gasteiger partial charge in [-0.15, -0.1) is 0 Å². The van der Waals surface area contributed by atoms with Crippen molar-refractivity contribution in [3.63, 3.8) is 0 Å². The normalized spacial score (nSPS) is 10.6. The van der Waals surface area contributed by atoms with Gasteiger partial charge >= 0.3 is 0 Å². The standard InChI is InChI=1S/C21H23N5O5/c1-13-15(6-9-27)21(29)26(20(24-13)17-11-22-7-8-23-17)12-19(28)25-16-10-14(30-2)4-5-18(16)31-3/h4-5,7-8,10-11,27H,6,9,12H2,1-3H3,(H,25,28). The molecule has 10 nitrogen and oxygen atoms in total. The van der Waals surface area contributed by atoms with Crippen molar-refractivity contribution in [2.24, 2.45) is 0 Å². The van der Waals surface area contributed by atoms with Gasteiger partial charge in [0, 0.05) is 42.7 Å².